The predicted molar refractivity (Wildman–Crippen MR) is 96.5 cm³/mol. The van der Waals surface area contributed by atoms with Crippen molar-refractivity contribution < 1.29 is 0 Å². The zero-order valence-electron chi connectivity index (χ0n) is 15.0. The number of allylic oxidation sites excluding steroid dienone is 1. The van der Waals surface area contributed by atoms with Gasteiger partial charge in [-0.2, -0.15) is 0 Å². The van der Waals surface area contributed by atoms with Gasteiger partial charge >= 0.3 is 0 Å². The van der Waals surface area contributed by atoms with Crippen molar-refractivity contribution in [2.75, 3.05) is 67.0 Å². The average molecular weight is 310 g/mol. The summed E-state index contributed by atoms with van der Waals surface area (Å²) in [6, 6.07) is 0. The Hall–Kier alpha value is -1.07. The van der Waals surface area contributed by atoms with E-state index in [0.29, 0.717) is 5.92 Å². The molecular formula is C17H35N5. The van der Waals surface area contributed by atoms with Crippen molar-refractivity contribution in [2.24, 2.45) is 10.9 Å². The van der Waals surface area contributed by atoms with Gasteiger partial charge in [-0.05, 0) is 25.8 Å². The quantitative estimate of drug-likeness (QED) is 0.318. The summed E-state index contributed by atoms with van der Waals surface area (Å²) in [5.41, 5.74) is 0. The van der Waals surface area contributed by atoms with Gasteiger partial charge in [-0.15, -0.1) is 6.58 Å². The highest BCUT2D eigenvalue weighted by Crippen LogP contribution is 2.04. The molecule has 1 fully saturated rings. The second kappa shape index (κ2) is 10.6. The summed E-state index contributed by atoms with van der Waals surface area (Å²) in [5.74, 6) is 1.62. The van der Waals surface area contributed by atoms with E-state index in [0.717, 1.165) is 38.4 Å². The number of nitrogens with zero attached hydrogens (tertiary/aromatic N) is 4. The van der Waals surface area contributed by atoms with Crippen molar-refractivity contribution in [3.63, 3.8) is 0 Å². The standard InChI is InChI=1S/C17H35N5/c1-6-7-8-9-21(5)17(18-3)19-14-16(2)15-22-12-10-20(4)11-13-22/h6,16H,1,7-15H2,2-5H3,(H,18,19). The van der Waals surface area contributed by atoms with Crippen LogP contribution in [0.3, 0.4) is 0 Å². The number of unbranched alkanes of at least 4 members (excludes halogenated alkanes) is 1. The van der Waals surface area contributed by atoms with Gasteiger partial charge in [0.05, 0.1) is 0 Å². The van der Waals surface area contributed by atoms with Gasteiger partial charge in [-0.3, -0.25) is 4.99 Å². The highest BCUT2D eigenvalue weighted by Gasteiger charge is 2.16. The summed E-state index contributed by atoms with van der Waals surface area (Å²) in [6.07, 6.45) is 4.15. The van der Waals surface area contributed by atoms with E-state index in [9.17, 15) is 0 Å². The van der Waals surface area contributed by atoms with E-state index in [1.165, 1.54) is 26.2 Å². The maximum absolute atomic E-state index is 4.38. The Labute approximate surface area is 137 Å². The number of guanidine groups is 1. The molecule has 1 aliphatic heterocycles. The first-order valence-corrected chi connectivity index (χ1v) is 8.50. The van der Waals surface area contributed by atoms with Crippen molar-refractivity contribution in [3.05, 3.63) is 12.7 Å². The van der Waals surface area contributed by atoms with E-state index in [1.807, 2.05) is 13.1 Å². The van der Waals surface area contributed by atoms with Gasteiger partial charge in [-0.1, -0.05) is 13.0 Å². The zero-order valence-corrected chi connectivity index (χ0v) is 15.0. The lowest BCUT2D eigenvalue weighted by Gasteiger charge is -2.34. The molecule has 0 aliphatic carbocycles. The average Bonchev–Trinajstić information content (AvgIpc) is 2.50. The number of rotatable bonds is 8. The van der Waals surface area contributed by atoms with Crippen molar-refractivity contribution in [1.82, 2.24) is 20.0 Å². The third-order valence-electron chi connectivity index (χ3n) is 4.25. The molecule has 0 aromatic heterocycles. The summed E-state index contributed by atoms with van der Waals surface area (Å²) in [6.45, 7) is 14.0. The Balaban J connectivity index is 2.25. The third kappa shape index (κ3) is 7.27. The Morgan fingerprint density at radius 1 is 1.36 bits per heavy atom. The molecule has 1 aliphatic rings. The number of nitrogens with one attached hydrogen (secondary N) is 1. The summed E-state index contributed by atoms with van der Waals surface area (Å²) in [5, 5.41) is 3.51. The Bertz CT molecular complexity index is 334. The van der Waals surface area contributed by atoms with Crippen molar-refractivity contribution in [1.29, 1.82) is 0 Å². The third-order valence-corrected chi connectivity index (χ3v) is 4.25. The summed E-state index contributed by atoms with van der Waals surface area (Å²) in [7, 11) is 6.16. The van der Waals surface area contributed by atoms with Crippen LogP contribution in [0.25, 0.3) is 0 Å². The van der Waals surface area contributed by atoms with Crippen LogP contribution < -0.4 is 5.32 Å². The summed E-state index contributed by atoms with van der Waals surface area (Å²) < 4.78 is 0. The number of hydrogen-bond acceptors (Lipinski definition) is 3. The highest BCUT2D eigenvalue weighted by atomic mass is 15.3. The normalized spacial score (nSPS) is 19.0. The van der Waals surface area contributed by atoms with Crippen LogP contribution in [0.15, 0.2) is 17.6 Å². The lowest BCUT2D eigenvalue weighted by molar-refractivity contribution is 0.139. The molecule has 0 radical (unpaired) electrons. The van der Waals surface area contributed by atoms with Gasteiger partial charge < -0.3 is 20.0 Å². The van der Waals surface area contributed by atoms with Gasteiger partial charge in [-0.25, -0.2) is 0 Å². The van der Waals surface area contributed by atoms with E-state index in [-0.39, 0.29) is 0 Å². The molecule has 22 heavy (non-hydrogen) atoms. The number of likely N-dealkylation sites (N-methyl/N-ethyl adjacent to an activating group) is 1. The zero-order chi connectivity index (χ0) is 16.4. The Kier molecular flexibility index (Phi) is 9.16. The molecule has 5 heteroatoms. The van der Waals surface area contributed by atoms with E-state index >= 15 is 0 Å². The molecule has 0 aromatic carbocycles. The number of piperazine rings is 1. The van der Waals surface area contributed by atoms with Crippen LogP contribution in [0.4, 0.5) is 0 Å². The molecule has 0 amide bonds. The minimum atomic E-state index is 0.627. The molecule has 1 unspecified atom stereocenters. The van der Waals surface area contributed by atoms with Crippen molar-refractivity contribution >= 4 is 5.96 Å². The Morgan fingerprint density at radius 2 is 2.05 bits per heavy atom. The fraction of sp³-hybridized carbons (Fsp3) is 0.824. The minimum Gasteiger partial charge on any atom is -0.356 e. The van der Waals surface area contributed by atoms with E-state index in [2.05, 4.69) is 52.6 Å². The first kappa shape index (κ1) is 19.0. The fourth-order valence-electron chi connectivity index (χ4n) is 2.76. The van der Waals surface area contributed by atoms with Crippen LogP contribution in [-0.4, -0.2) is 87.6 Å². The van der Waals surface area contributed by atoms with Crippen LogP contribution in [0.1, 0.15) is 19.8 Å². The van der Waals surface area contributed by atoms with Crippen LogP contribution in [-0.2, 0) is 0 Å². The molecule has 128 valence electrons. The lowest BCUT2D eigenvalue weighted by atomic mass is 10.1. The van der Waals surface area contributed by atoms with Gasteiger partial charge in [0, 0.05) is 59.9 Å². The van der Waals surface area contributed by atoms with E-state index in [4.69, 9.17) is 0 Å². The van der Waals surface area contributed by atoms with Crippen molar-refractivity contribution in [3.8, 4) is 0 Å². The Morgan fingerprint density at radius 3 is 2.64 bits per heavy atom. The van der Waals surface area contributed by atoms with Crippen LogP contribution >= 0.6 is 0 Å². The fourth-order valence-corrected chi connectivity index (χ4v) is 2.76. The molecule has 1 rings (SSSR count). The summed E-state index contributed by atoms with van der Waals surface area (Å²) in [4.78, 5) is 11.6. The molecule has 5 nitrogen and oxygen atoms in total. The van der Waals surface area contributed by atoms with Crippen LogP contribution in [0.5, 0.6) is 0 Å². The highest BCUT2D eigenvalue weighted by molar-refractivity contribution is 5.79. The lowest BCUT2D eigenvalue weighted by Crippen LogP contribution is -2.47. The largest absolute Gasteiger partial charge is 0.356 e. The monoisotopic (exact) mass is 309 g/mol. The molecule has 1 heterocycles. The van der Waals surface area contributed by atoms with Gasteiger partial charge in [0.15, 0.2) is 5.96 Å². The molecule has 1 saturated heterocycles. The van der Waals surface area contributed by atoms with Gasteiger partial charge in [0.1, 0.15) is 0 Å². The molecule has 0 bridgehead atoms. The molecule has 0 aromatic rings. The molecule has 0 saturated carbocycles. The molecule has 1 N–H and O–H groups in total. The first-order valence-electron chi connectivity index (χ1n) is 8.50. The number of aliphatic imine (C=N–C) groups is 1. The topological polar surface area (TPSA) is 34.1 Å². The first-order chi connectivity index (χ1) is 10.6. The molecule has 1 atom stereocenters. The summed E-state index contributed by atoms with van der Waals surface area (Å²) >= 11 is 0. The van der Waals surface area contributed by atoms with Crippen LogP contribution in [0, 0.1) is 5.92 Å². The molecular weight excluding hydrogens is 274 g/mol. The minimum absolute atomic E-state index is 0.627. The predicted octanol–water partition coefficient (Wildman–Crippen LogP) is 1.34. The molecule has 0 spiro atoms. The van der Waals surface area contributed by atoms with Crippen molar-refractivity contribution in [2.45, 2.75) is 19.8 Å². The van der Waals surface area contributed by atoms with E-state index < -0.39 is 0 Å². The van der Waals surface area contributed by atoms with E-state index in [1.54, 1.807) is 0 Å². The maximum Gasteiger partial charge on any atom is 0.193 e. The second-order valence-corrected chi connectivity index (χ2v) is 6.49. The van der Waals surface area contributed by atoms with Gasteiger partial charge in [0.25, 0.3) is 0 Å². The number of hydrogen-bond donors (Lipinski definition) is 1. The smallest absolute Gasteiger partial charge is 0.193 e. The maximum atomic E-state index is 4.38. The van der Waals surface area contributed by atoms with Crippen LogP contribution in [0.2, 0.25) is 0 Å². The van der Waals surface area contributed by atoms with Gasteiger partial charge in [0.2, 0.25) is 0 Å². The second-order valence-electron chi connectivity index (χ2n) is 6.49. The SMILES string of the molecule is C=CCCCN(C)C(=NC)NCC(C)CN1CCN(C)CC1.